The van der Waals surface area contributed by atoms with Crippen LogP contribution in [0.15, 0.2) is 82.8 Å². The minimum atomic E-state index is -0.722. The van der Waals surface area contributed by atoms with Crippen molar-refractivity contribution in [1.82, 2.24) is 4.90 Å². The molecular formula is C28H26BrNO5. The smallest absolute Gasteiger partial charge is 0.295 e. The van der Waals surface area contributed by atoms with Crippen molar-refractivity contribution in [3.05, 3.63) is 105 Å². The number of aliphatic hydroxyl groups excluding tert-OH is 1. The van der Waals surface area contributed by atoms with Crippen molar-refractivity contribution in [2.75, 3.05) is 20.3 Å². The summed E-state index contributed by atoms with van der Waals surface area (Å²) in [5.41, 5.74) is 3.42. The van der Waals surface area contributed by atoms with Crippen molar-refractivity contribution in [1.29, 1.82) is 0 Å². The number of benzene rings is 3. The van der Waals surface area contributed by atoms with Crippen LogP contribution in [0.1, 0.15) is 28.3 Å². The summed E-state index contributed by atoms with van der Waals surface area (Å²) in [5, 5.41) is 11.2. The van der Waals surface area contributed by atoms with Gasteiger partial charge in [-0.3, -0.25) is 9.59 Å². The number of aliphatic hydroxyl groups is 1. The Bertz CT molecular complexity index is 1270. The Morgan fingerprint density at radius 3 is 2.46 bits per heavy atom. The number of amides is 1. The van der Waals surface area contributed by atoms with E-state index in [0.29, 0.717) is 23.5 Å². The normalized spacial score (nSPS) is 17.1. The fraction of sp³-hybridized carbons (Fsp3) is 0.214. The number of hydrogen-bond donors (Lipinski definition) is 1. The number of ketones is 1. The molecule has 0 bridgehead atoms. The lowest BCUT2D eigenvalue weighted by molar-refractivity contribution is -0.140. The maximum absolute atomic E-state index is 13.0. The lowest BCUT2D eigenvalue weighted by Gasteiger charge is -2.25. The number of carbonyl (C=O) groups is 2. The summed E-state index contributed by atoms with van der Waals surface area (Å²) >= 11 is 3.45. The molecule has 180 valence electrons. The van der Waals surface area contributed by atoms with Gasteiger partial charge in [0.05, 0.1) is 18.2 Å². The third kappa shape index (κ3) is 5.47. The van der Waals surface area contributed by atoms with Gasteiger partial charge >= 0.3 is 0 Å². The average molecular weight is 536 g/mol. The number of carbonyl (C=O) groups excluding carboxylic acids is 2. The second-order valence-electron chi connectivity index (χ2n) is 8.34. The molecule has 4 rings (SSSR count). The molecule has 1 atom stereocenters. The highest BCUT2D eigenvalue weighted by atomic mass is 79.9. The van der Waals surface area contributed by atoms with Gasteiger partial charge in [-0.05, 0) is 54.4 Å². The Hall–Kier alpha value is -3.42. The lowest BCUT2D eigenvalue weighted by atomic mass is 9.95. The van der Waals surface area contributed by atoms with Crippen molar-refractivity contribution < 1.29 is 24.2 Å². The molecule has 6 nitrogen and oxygen atoms in total. The molecule has 0 radical (unpaired) electrons. The zero-order valence-electron chi connectivity index (χ0n) is 19.5. The predicted octanol–water partition coefficient (Wildman–Crippen LogP) is 5.40. The van der Waals surface area contributed by atoms with Crippen molar-refractivity contribution in [3.8, 4) is 5.75 Å². The van der Waals surface area contributed by atoms with Crippen LogP contribution in [0, 0.1) is 6.92 Å². The number of ether oxygens (including phenoxy) is 2. The van der Waals surface area contributed by atoms with Gasteiger partial charge < -0.3 is 19.5 Å². The zero-order valence-corrected chi connectivity index (χ0v) is 21.1. The Balaban J connectivity index is 1.64. The van der Waals surface area contributed by atoms with Gasteiger partial charge in [0, 0.05) is 23.7 Å². The van der Waals surface area contributed by atoms with E-state index < -0.39 is 17.7 Å². The SMILES string of the molecule is COCCN1C(=O)C(=O)C(=C(O)c2ccc(OCc3cccc(C)c3)cc2)C1c1cccc(Br)c1. The van der Waals surface area contributed by atoms with Crippen LogP contribution in [0.3, 0.4) is 0 Å². The summed E-state index contributed by atoms with van der Waals surface area (Å²) in [6.45, 7) is 2.94. The van der Waals surface area contributed by atoms with Crippen molar-refractivity contribution in [2.45, 2.75) is 19.6 Å². The Labute approximate surface area is 212 Å². The van der Waals surface area contributed by atoms with Crippen LogP contribution in [0.4, 0.5) is 0 Å². The second kappa shape index (κ2) is 10.9. The van der Waals surface area contributed by atoms with E-state index in [9.17, 15) is 14.7 Å². The van der Waals surface area contributed by atoms with E-state index in [1.807, 2.05) is 49.4 Å². The summed E-state index contributed by atoms with van der Waals surface area (Å²) in [6, 6.07) is 21.5. The number of rotatable bonds is 8. The third-order valence-electron chi connectivity index (χ3n) is 5.86. The first kappa shape index (κ1) is 24.7. The summed E-state index contributed by atoms with van der Waals surface area (Å²) in [7, 11) is 1.54. The Morgan fingerprint density at radius 2 is 1.77 bits per heavy atom. The standard InChI is InChI=1S/C28H26BrNO5/c1-18-5-3-6-19(15-18)17-35-23-11-9-20(10-12-23)26(31)24-25(21-7-4-8-22(29)16-21)30(13-14-34-2)28(33)27(24)32/h3-12,15-16,25,31H,13-14,17H2,1-2H3. The first-order valence-corrected chi connectivity index (χ1v) is 12.0. The molecule has 35 heavy (non-hydrogen) atoms. The van der Waals surface area contributed by atoms with Crippen LogP contribution in [-0.4, -0.2) is 42.0 Å². The van der Waals surface area contributed by atoms with Gasteiger partial charge in [-0.1, -0.05) is 57.9 Å². The monoisotopic (exact) mass is 535 g/mol. The van der Waals surface area contributed by atoms with Crippen LogP contribution in [0.5, 0.6) is 5.75 Å². The molecule has 1 aliphatic heterocycles. The fourth-order valence-corrected chi connectivity index (χ4v) is 4.57. The second-order valence-corrected chi connectivity index (χ2v) is 9.26. The molecule has 1 heterocycles. The first-order valence-electron chi connectivity index (χ1n) is 11.2. The Morgan fingerprint density at radius 1 is 1.03 bits per heavy atom. The molecule has 1 saturated heterocycles. The highest BCUT2D eigenvalue weighted by Gasteiger charge is 2.45. The van der Waals surface area contributed by atoms with Crippen LogP contribution >= 0.6 is 15.9 Å². The highest BCUT2D eigenvalue weighted by Crippen LogP contribution is 2.40. The Kier molecular flexibility index (Phi) is 7.68. The van der Waals surface area contributed by atoms with E-state index in [-0.39, 0.29) is 24.5 Å². The molecule has 0 saturated carbocycles. The topological polar surface area (TPSA) is 76.1 Å². The molecule has 1 N–H and O–H groups in total. The molecule has 7 heteroatoms. The van der Waals surface area contributed by atoms with Crippen LogP contribution in [0.25, 0.3) is 5.76 Å². The molecule has 0 aliphatic carbocycles. The number of nitrogens with zero attached hydrogens (tertiary/aromatic N) is 1. The fourth-order valence-electron chi connectivity index (χ4n) is 4.16. The predicted molar refractivity (Wildman–Crippen MR) is 137 cm³/mol. The molecule has 1 fully saturated rings. The van der Waals surface area contributed by atoms with Gasteiger partial charge in [0.15, 0.2) is 0 Å². The van der Waals surface area contributed by atoms with Crippen LogP contribution in [-0.2, 0) is 20.9 Å². The first-order chi connectivity index (χ1) is 16.9. The van der Waals surface area contributed by atoms with E-state index in [0.717, 1.165) is 15.6 Å². The summed E-state index contributed by atoms with van der Waals surface area (Å²) < 4.78 is 11.8. The van der Waals surface area contributed by atoms with Gasteiger partial charge in [0.25, 0.3) is 11.7 Å². The number of likely N-dealkylation sites (tertiary alicyclic amines) is 1. The van der Waals surface area contributed by atoms with Crippen LogP contribution in [0.2, 0.25) is 0 Å². The van der Waals surface area contributed by atoms with Gasteiger partial charge in [-0.2, -0.15) is 0 Å². The number of aryl methyl sites for hydroxylation is 1. The maximum Gasteiger partial charge on any atom is 0.295 e. The van der Waals surface area contributed by atoms with Gasteiger partial charge in [0.1, 0.15) is 18.1 Å². The van der Waals surface area contributed by atoms with E-state index in [4.69, 9.17) is 9.47 Å². The molecule has 1 unspecified atom stereocenters. The quantitative estimate of drug-likeness (QED) is 0.237. The number of Topliss-reactive ketones (excluding diaryl/α,β-unsaturated/α-hetero) is 1. The van der Waals surface area contributed by atoms with Crippen molar-refractivity contribution in [3.63, 3.8) is 0 Å². The molecule has 1 aliphatic rings. The summed E-state index contributed by atoms with van der Waals surface area (Å²) in [6.07, 6.45) is 0. The molecule has 1 amide bonds. The zero-order chi connectivity index (χ0) is 24.9. The van der Waals surface area contributed by atoms with Crippen molar-refractivity contribution in [2.24, 2.45) is 0 Å². The summed E-state index contributed by atoms with van der Waals surface area (Å²) in [5.74, 6) is -0.972. The number of hydrogen-bond acceptors (Lipinski definition) is 5. The third-order valence-corrected chi connectivity index (χ3v) is 6.35. The maximum atomic E-state index is 13.0. The molecule has 0 spiro atoms. The van der Waals surface area contributed by atoms with E-state index in [1.165, 1.54) is 12.0 Å². The molecule has 3 aromatic carbocycles. The van der Waals surface area contributed by atoms with Crippen molar-refractivity contribution >= 4 is 33.4 Å². The van der Waals surface area contributed by atoms with E-state index in [2.05, 4.69) is 22.0 Å². The lowest BCUT2D eigenvalue weighted by Crippen LogP contribution is -2.32. The van der Waals surface area contributed by atoms with Gasteiger partial charge in [0.2, 0.25) is 0 Å². The van der Waals surface area contributed by atoms with Gasteiger partial charge in [-0.15, -0.1) is 0 Å². The molecule has 3 aromatic rings. The largest absolute Gasteiger partial charge is 0.507 e. The average Bonchev–Trinajstić information content (AvgIpc) is 3.11. The van der Waals surface area contributed by atoms with E-state index >= 15 is 0 Å². The number of halogens is 1. The summed E-state index contributed by atoms with van der Waals surface area (Å²) in [4.78, 5) is 27.3. The minimum absolute atomic E-state index is 0.0534. The highest BCUT2D eigenvalue weighted by molar-refractivity contribution is 9.10. The molecular weight excluding hydrogens is 510 g/mol. The van der Waals surface area contributed by atoms with Crippen LogP contribution < -0.4 is 4.74 Å². The molecule has 0 aromatic heterocycles. The number of methoxy groups -OCH3 is 1. The van der Waals surface area contributed by atoms with Gasteiger partial charge in [-0.25, -0.2) is 0 Å². The minimum Gasteiger partial charge on any atom is -0.507 e. The van der Waals surface area contributed by atoms with E-state index in [1.54, 1.807) is 24.3 Å².